The highest BCUT2D eigenvalue weighted by atomic mass is 16.6. The van der Waals surface area contributed by atoms with Gasteiger partial charge in [0.15, 0.2) is 0 Å². The van der Waals surface area contributed by atoms with Crippen LogP contribution in [0.15, 0.2) is 0 Å². The SMILES string of the molecule is CC[C@H](C)[C@H](NC(=O)[C@H](CCCO)NC(=O)OC(C)(C)C)C(=O)NC. The summed E-state index contributed by atoms with van der Waals surface area (Å²) in [4.78, 5) is 36.5. The third-order valence-electron chi connectivity index (χ3n) is 3.70. The molecule has 0 saturated carbocycles. The van der Waals surface area contributed by atoms with Gasteiger partial charge in [-0.2, -0.15) is 0 Å². The van der Waals surface area contributed by atoms with Gasteiger partial charge in [0, 0.05) is 13.7 Å². The van der Waals surface area contributed by atoms with Gasteiger partial charge in [-0.1, -0.05) is 20.3 Å². The number of alkyl carbamates (subject to hydrolysis) is 1. The van der Waals surface area contributed by atoms with E-state index in [0.29, 0.717) is 12.8 Å². The molecule has 0 aromatic rings. The van der Waals surface area contributed by atoms with Crippen molar-refractivity contribution in [3.63, 3.8) is 0 Å². The summed E-state index contributed by atoms with van der Waals surface area (Å²) in [5, 5.41) is 16.8. The van der Waals surface area contributed by atoms with Crippen LogP contribution >= 0.6 is 0 Å². The summed E-state index contributed by atoms with van der Waals surface area (Å²) >= 11 is 0. The molecule has 0 aromatic heterocycles. The number of hydrogen-bond donors (Lipinski definition) is 4. The van der Waals surface area contributed by atoms with Crippen molar-refractivity contribution in [2.24, 2.45) is 5.92 Å². The van der Waals surface area contributed by atoms with Gasteiger partial charge in [-0.3, -0.25) is 9.59 Å². The van der Waals surface area contributed by atoms with Gasteiger partial charge >= 0.3 is 6.09 Å². The summed E-state index contributed by atoms with van der Waals surface area (Å²) < 4.78 is 5.17. The van der Waals surface area contributed by atoms with E-state index in [9.17, 15) is 14.4 Å². The minimum Gasteiger partial charge on any atom is -0.444 e. The lowest BCUT2D eigenvalue weighted by Crippen LogP contribution is -2.55. The molecular formula is C17H33N3O5. The van der Waals surface area contributed by atoms with Gasteiger partial charge in [0.25, 0.3) is 0 Å². The van der Waals surface area contributed by atoms with Crippen molar-refractivity contribution >= 4 is 17.9 Å². The van der Waals surface area contributed by atoms with Crippen molar-refractivity contribution in [2.75, 3.05) is 13.7 Å². The van der Waals surface area contributed by atoms with Gasteiger partial charge in [-0.05, 0) is 39.5 Å². The second kappa shape index (κ2) is 10.9. The number of carbonyl (C=O) groups excluding carboxylic acids is 3. The maximum atomic E-state index is 12.6. The molecule has 0 aromatic carbocycles. The molecule has 146 valence electrons. The zero-order chi connectivity index (χ0) is 19.6. The van der Waals surface area contributed by atoms with Gasteiger partial charge in [-0.15, -0.1) is 0 Å². The van der Waals surface area contributed by atoms with Crippen molar-refractivity contribution in [2.45, 2.75) is 71.6 Å². The highest BCUT2D eigenvalue weighted by Gasteiger charge is 2.30. The maximum Gasteiger partial charge on any atom is 0.408 e. The van der Waals surface area contributed by atoms with E-state index >= 15 is 0 Å². The van der Waals surface area contributed by atoms with Crippen LogP contribution in [0.1, 0.15) is 53.9 Å². The average molecular weight is 359 g/mol. The van der Waals surface area contributed by atoms with Gasteiger partial charge in [0.1, 0.15) is 17.7 Å². The summed E-state index contributed by atoms with van der Waals surface area (Å²) in [6, 6.07) is -1.59. The molecule has 4 N–H and O–H groups in total. The van der Waals surface area contributed by atoms with Gasteiger partial charge in [0.2, 0.25) is 11.8 Å². The molecule has 0 bridgehead atoms. The van der Waals surface area contributed by atoms with Crippen molar-refractivity contribution in [3.8, 4) is 0 Å². The zero-order valence-corrected chi connectivity index (χ0v) is 16.1. The fourth-order valence-corrected chi connectivity index (χ4v) is 2.13. The van der Waals surface area contributed by atoms with E-state index in [4.69, 9.17) is 9.84 Å². The largest absolute Gasteiger partial charge is 0.444 e. The van der Waals surface area contributed by atoms with Crippen LogP contribution in [0.2, 0.25) is 0 Å². The third kappa shape index (κ3) is 9.28. The van der Waals surface area contributed by atoms with E-state index in [2.05, 4.69) is 16.0 Å². The summed E-state index contributed by atoms with van der Waals surface area (Å²) in [5.74, 6) is -0.835. The Labute approximate surface area is 150 Å². The average Bonchev–Trinajstić information content (AvgIpc) is 2.52. The number of nitrogens with one attached hydrogen (secondary N) is 3. The van der Waals surface area contributed by atoms with E-state index < -0.39 is 29.7 Å². The first kappa shape index (κ1) is 23.2. The normalized spacial score (nSPS) is 14.8. The Morgan fingerprint density at radius 3 is 2.16 bits per heavy atom. The minimum atomic E-state index is -0.891. The highest BCUT2D eigenvalue weighted by Crippen LogP contribution is 2.10. The molecule has 0 aliphatic heterocycles. The second-order valence-electron chi connectivity index (χ2n) is 7.05. The Balaban J connectivity index is 5.07. The van der Waals surface area contributed by atoms with Crippen molar-refractivity contribution in [1.82, 2.24) is 16.0 Å². The Morgan fingerprint density at radius 1 is 1.12 bits per heavy atom. The molecule has 25 heavy (non-hydrogen) atoms. The first-order valence-corrected chi connectivity index (χ1v) is 8.68. The topological polar surface area (TPSA) is 117 Å². The van der Waals surface area contributed by atoms with Crippen LogP contribution < -0.4 is 16.0 Å². The first-order chi connectivity index (χ1) is 11.6. The minimum absolute atomic E-state index is 0.0658. The summed E-state index contributed by atoms with van der Waals surface area (Å²) in [7, 11) is 1.51. The molecule has 0 heterocycles. The quantitative estimate of drug-likeness (QED) is 0.489. The smallest absolute Gasteiger partial charge is 0.408 e. The van der Waals surface area contributed by atoms with E-state index in [-0.39, 0.29) is 24.9 Å². The molecule has 8 nitrogen and oxygen atoms in total. The molecule has 0 rings (SSSR count). The second-order valence-corrected chi connectivity index (χ2v) is 7.05. The molecular weight excluding hydrogens is 326 g/mol. The van der Waals surface area contributed by atoms with E-state index in [1.807, 2.05) is 13.8 Å². The monoisotopic (exact) mass is 359 g/mol. The van der Waals surface area contributed by atoms with E-state index in [0.717, 1.165) is 0 Å². The number of rotatable bonds is 9. The number of aliphatic hydroxyl groups excluding tert-OH is 1. The number of ether oxygens (including phenoxy) is 1. The predicted octanol–water partition coefficient (Wildman–Crippen LogP) is 0.929. The van der Waals surface area contributed by atoms with Crippen LogP contribution in [-0.4, -0.2) is 54.4 Å². The Morgan fingerprint density at radius 2 is 1.72 bits per heavy atom. The lowest BCUT2D eigenvalue weighted by Gasteiger charge is -2.27. The van der Waals surface area contributed by atoms with Crippen LogP contribution in [0.25, 0.3) is 0 Å². The molecule has 0 saturated heterocycles. The third-order valence-corrected chi connectivity index (χ3v) is 3.70. The van der Waals surface area contributed by atoms with Crippen molar-refractivity contribution < 1.29 is 24.2 Å². The van der Waals surface area contributed by atoms with Crippen LogP contribution in [-0.2, 0) is 14.3 Å². The Hall–Kier alpha value is -1.83. The van der Waals surface area contributed by atoms with Crippen molar-refractivity contribution in [3.05, 3.63) is 0 Å². The van der Waals surface area contributed by atoms with Gasteiger partial charge in [-0.25, -0.2) is 4.79 Å². The summed E-state index contributed by atoms with van der Waals surface area (Å²) in [6.45, 7) is 8.85. The van der Waals surface area contributed by atoms with Crippen LogP contribution in [0.3, 0.4) is 0 Å². The number of likely N-dealkylation sites (N-methyl/N-ethyl adjacent to an activating group) is 1. The molecule has 0 unspecified atom stereocenters. The number of amides is 3. The van der Waals surface area contributed by atoms with Crippen LogP contribution in [0.4, 0.5) is 4.79 Å². The molecule has 0 spiro atoms. The molecule has 3 atom stereocenters. The molecule has 0 fully saturated rings. The van der Waals surface area contributed by atoms with E-state index in [1.54, 1.807) is 20.8 Å². The summed E-state index contributed by atoms with van der Waals surface area (Å²) in [6.07, 6.45) is 0.564. The number of carbonyl (C=O) groups is 3. The first-order valence-electron chi connectivity index (χ1n) is 8.68. The lowest BCUT2D eigenvalue weighted by molar-refractivity contribution is -0.131. The molecule has 0 aliphatic rings. The van der Waals surface area contributed by atoms with Gasteiger partial charge in [0.05, 0.1) is 0 Å². The maximum absolute atomic E-state index is 12.6. The van der Waals surface area contributed by atoms with E-state index in [1.165, 1.54) is 7.05 Å². The van der Waals surface area contributed by atoms with Crippen LogP contribution in [0.5, 0.6) is 0 Å². The molecule has 3 amide bonds. The van der Waals surface area contributed by atoms with Gasteiger partial charge < -0.3 is 25.8 Å². The zero-order valence-electron chi connectivity index (χ0n) is 16.1. The Kier molecular flexibility index (Phi) is 10.1. The Bertz CT molecular complexity index is 448. The number of hydrogen-bond acceptors (Lipinski definition) is 5. The van der Waals surface area contributed by atoms with Crippen LogP contribution in [0, 0.1) is 5.92 Å². The molecule has 0 radical (unpaired) electrons. The fraction of sp³-hybridized carbons (Fsp3) is 0.824. The van der Waals surface area contributed by atoms with Crippen molar-refractivity contribution in [1.29, 1.82) is 0 Å². The molecule has 0 aliphatic carbocycles. The number of aliphatic hydroxyl groups is 1. The lowest BCUT2D eigenvalue weighted by atomic mass is 9.97. The predicted molar refractivity (Wildman–Crippen MR) is 94.9 cm³/mol. The summed E-state index contributed by atoms with van der Waals surface area (Å²) in [5.41, 5.74) is -0.691. The molecule has 8 heteroatoms. The standard InChI is InChI=1S/C17H33N3O5/c1-7-11(2)13(15(23)18-6)20-14(22)12(9-8-10-21)19-16(24)25-17(3,4)5/h11-13,21H,7-10H2,1-6H3,(H,18,23)(H,19,24)(H,20,22)/t11-,12-,13-/m0/s1. The highest BCUT2D eigenvalue weighted by molar-refractivity contribution is 5.91. The fourth-order valence-electron chi connectivity index (χ4n) is 2.13.